The molecular weight excluding hydrogens is 176 g/mol. The van der Waals surface area contributed by atoms with Crippen molar-refractivity contribution in [3.63, 3.8) is 0 Å². The van der Waals surface area contributed by atoms with Crippen LogP contribution in [-0.4, -0.2) is 16.0 Å². The highest BCUT2D eigenvalue weighted by Gasteiger charge is 2.03. The fraction of sp³-hybridized carbons (Fsp3) is 0.600. The molecule has 1 atom stereocenters. The summed E-state index contributed by atoms with van der Waals surface area (Å²) in [5.41, 5.74) is 5.66. The molecule has 1 heterocycles. The van der Waals surface area contributed by atoms with Crippen molar-refractivity contribution in [2.75, 3.05) is 11.1 Å². The molecule has 0 aliphatic carbocycles. The lowest BCUT2D eigenvalue weighted by atomic mass is 10.2. The quantitative estimate of drug-likeness (QED) is 0.767. The van der Waals surface area contributed by atoms with E-state index in [1.165, 1.54) is 0 Å². The fourth-order valence-corrected chi connectivity index (χ4v) is 1.10. The minimum atomic E-state index is 0.411. The van der Waals surface area contributed by atoms with Gasteiger partial charge >= 0.3 is 0 Å². The van der Waals surface area contributed by atoms with Crippen molar-refractivity contribution in [2.45, 2.75) is 39.7 Å². The highest BCUT2D eigenvalue weighted by Crippen LogP contribution is 2.10. The van der Waals surface area contributed by atoms with Crippen LogP contribution in [0.4, 0.5) is 11.6 Å². The fourth-order valence-electron chi connectivity index (χ4n) is 1.10. The Kier molecular flexibility index (Phi) is 3.68. The normalized spacial score (nSPS) is 12.5. The first-order chi connectivity index (χ1) is 6.65. The van der Waals surface area contributed by atoms with Gasteiger partial charge in [0, 0.05) is 18.5 Å². The third-order valence-electron chi connectivity index (χ3n) is 2.12. The Morgan fingerprint density at radius 1 is 1.43 bits per heavy atom. The Morgan fingerprint density at radius 3 is 2.71 bits per heavy atom. The van der Waals surface area contributed by atoms with Crippen LogP contribution in [0.1, 0.15) is 33.0 Å². The van der Waals surface area contributed by atoms with E-state index in [1.54, 1.807) is 6.07 Å². The van der Waals surface area contributed by atoms with Gasteiger partial charge in [0.15, 0.2) is 0 Å². The van der Waals surface area contributed by atoms with Crippen LogP contribution in [0.15, 0.2) is 6.07 Å². The third-order valence-corrected chi connectivity index (χ3v) is 2.12. The molecule has 1 unspecified atom stereocenters. The zero-order valence-corrected chi connectivity index (χ0v) is 9.04. The lowest BCUT2D eigenvalue weighted by Crippen LogP contribution is -2.15. The topological polar surface area (TPSA) is 63.8 Å². The predicted octanol–water partition coefficient (Wildman–Crippen LogP) is 1.83. The molecule has 0 spiro atoms. The van der Waals surface area contributed by atoms with Gasteiger partial charge in [-0.25, -0.2) is 9.97 Å². The summed E-state index contributed by atoms with van der Waals surface area (Å²) in [7, 11) is 0. The van der Waals surface area contributed by atoms with E-state index in [9.17, 15) is 0 Å². The highest BCUT2D eigenvalue weighted by atomic mass is 15.1. The largest absolute Gasteiger partial charge is 0.384 e. The van der Waals surface area contributed by atoms with E-state index < -0.39 is 0 Å². The molecule has 14 heavy (non-hydrogen) atoms. The van der Waals surface area contributed by atoms with Gasteiger partial charge in [-0.2, -0.15) is 0 Å². The number of nitrogens with two attached hydrogens (primary N) is 1. The molecule has 0 saturated heterocycles. The molecule has 78 valence electrons. The van der Waals surface area contributed by atoms with Crippen molar-refractivity contribution >= 4 is 11.6 Å². The number of rotatable bonds is 4. The molecule has 0 bridgehead atoms. The summed E-state index contributed by atoms with van der Waals surface area (Å²) < 4.78 is 0. The second kappa shape index (κ2) is 4.79. The van der Waals surface area contributed by atoms with E-state index >= 15 is 0 Å². The average Bonchev–Trinajstić information content (AvgIpc) is 2.16. The monoisotopic (exact) mass is 194 g/mol. The van der Waals surface area contributed by atoms with Crippen LogP contribution in [0.5, 0.6) is 0 Å². The summed E-state index contributed by atoms with van der Waals surface area (Å²) in [6, 6.07) is 2.18. The van der Waals surface area contributed by atoms with E-state index in [1.807, 2.05) is 6.92 Å². The maximum atomic E-state index is 5.66. The number of hydrogen-bond acceptors (Lipinski definition) is 4. The van der Waals surface area contributed by atoms with Gasteiger partial charge in [-0.3, -0.25) is 0 Å². The highest BCUT2D eigenvalue weighted by molar-refractivity contribution is 5.45. The summed E-state index contributed by atoms with van der Waals surface area (Å²) in [5, 5.41) is 3.28. The van der Waals surface area contributed by atoms with Crippen molar-refractivity contribution in [1.82, 2.24) is 9.97 Å². The maximum absolute atomic E-state index is 5.66. The first kappa shape index (κ1) is 10.8. The second-order valence-corrected chi connectivity index (χ2v) is 3.40. The minimum absolute atomic E-state index is 0.411. The molecule has 0 aliphatic rings. The summed E-state index contributed by atoms with van der Waals surface area (Å²) >= 11 is 0. The van der Waals surface area contributed by atoms with Crippen molar-refractivity contribution < 1.29 is 0 Å². The molecule has 4 heteroatoms. The van der Waals surface area contributed by atoms with Crippen LogP contribution in [-0.2, 0) is 6.42 Å². The molecule has 0 aromatic carbocycles. The van der Waals surface area contributed by atoms with Crippen LogP contribution < -0.4 is 11.1 Å². The number of nitrogen functional groups attached to an aromatic ring is 1. The molecule has 1 rings (SSSR count). The molecule has 0 fully saturated rings. The van der Waals surface area contributed by atoms with Crippen molar-refractivity contribution in [1.29, 1.82) is 0 Å². The van der Waals surface area contributed by atoms with Gasteiger partial charge in [0.1, 0.15) is 17.5 Å². The first-order valence-electron chi connectivity index (χ1n) is 5.05. The summed E-state index contributed by atoms with van der Waals surface area (Å²) in [6.07, 6.45) is 1.87. The summed E-state index contributed by atoms with van der Waals surface area (Å²) in [5.74, 6) is 2.14. The molecule has 1 aromatic rings. The van der Waals surface area contributed by atoms with E-state index in [0.717, 1.165) is 24.5 Å². The molecule has 0 radical (unpaired) electrons. The Labute approximate surface area is 85.0 Å². The zero-order valence-electron chi connectivity index (χ0n) is 9.04. The molecule has 0 amide bonds. The smallest absolute Gasteiger partial charge is 0.132 e. The van der Waals surface area contributed by atoms with Gasteiger partial charge in [-0.15, -0.1) is 0 Å². The SMILES string of the molecule is CCc1nc(N)cc(NC(C)CC)n1. The number of hydrogen-bond donors (Lipinski definition) is 2. The molecule has 3 N–H and O–H groups in total. The van der Waals surface area contributed by atoms with Gasteiger partial charge in [0.2, 0.25) is 0 Å². The van der Waals surface area contributed by atoms with Gasteiger partial charge in [0.05, 0.1) is 0 Å². The molecule has 0 saturated carbocycles. The van der Waals surface area contributed by atoms with Gasteiger partial charge in [0.25, 0.3) is 0 Å². The van der Waals surface area contributed by atoms with Crippen LogP contribution in [0.3, 0.4) is 0 Å². The van der Waals surface area contributed by atoms with Gasteiger partial charge in [-0.1, -0.05) is 13.8 Å². The van der Waals surface area contributed by atoms with E-state index in [0.29, 0.717) is 11.9 Å². The van der Waals surface area contributed by atoms with Crippen LogP contribution in [0.2, 0.25) is 0 Å². The molecule has 0 aliphatic heterocycles. The number of nitrogens with one attached hydrogen (secondary N) is 1. The second-order valence-electron chi connectivity index (χ2n) is 3.40. The lowest BCUT2D eigenvalue weighted by molar-refractivity contribution is 0.756. The summed E-state index contributed by atoms with van der Waals surface area (Å²) in [4.78, 5) is 8.45. The predicted molar refractivity (Wildman–Crippen MR) is 59.2 cm³/mol. The van der Waals surface area contributed by atoms with Gasteiger partial charge < -0.3 is 11.1 Å². The van der Waals surface area contributed by atoms with Crippen molar-refractivity contribution in [2.24, 2.45) is 0 Å². The minimum Gasteiger partial charge on any atom is -0.384 e. The number of anilines is 2. The number of aromatic nitrogens is 2. The lowest BCUT2D eigenvalue weighted by Gasteiger charge is -2.12. The summed E-state index contributed by atoms with van der Waals surface area (Å²) in [6.45, 7) is 6.26. The van der Waals surface area contributed by atoms with Crippen LogP contribution in [0.25, 0.3) is 0 Å². The Balaban J connectivity index is 2.81. The maximum Gasteiger partial charge on any atom is 0.132 e. The van der Waals surface area contributed by atoms with E-state index in [2.05, 4.69) is 29.1 Å². The van der Waals surface area contributed by atoms with E-state index in [-0.39, 0.29) is 0 Å². The van der Waals surface area contributed by atoms with Crippen molar-refractivity contribution in [3.8, 4) is 0 Å². The Morgan fingerprint density at radius 2 is 2.14 bits per heavy atom. The number of nitrogens with zero attached hydrogens (tertiary/aromatic N) is 2. The van der Waals surface area contributed by atoms with Crippen molar-refractivity contribution in [3.05, 3.63) is 11.9 Å². The number of aryl methyl sites for hydroxylation is 1. The molecule has 1 aromatic heterocycles. The van der Waals surface area contributed by atoms with Crippen LogP contribution in [0, 0.1) is 0 Å². The van der Waals surface area contributed by atoms with Gasteiger partial charge in [-0.05, 0) is 13.3 Å². The third kappa shape index (κ3) is 2.87. The van der Waals surface area contributed by atoms with Crippen LogP contribution >= 0.6 is 0 Å². The standard InChI is InChI=1S/C10H18N4/c1-4-7(3)12-10-6-8(11)13-9(5-2)14-10/h6-7H,4-5H2,1-3H3,(H3,11,12,13,14). The molecular formula is C10H18N4. The Bertz CT molecular complexity index is 298. The first-order valence-corrected chi connectivity index (χ1v) is 5.05. The zero-order chi connectivity index (χ0) is 10.6. The molecule has 4 nitrogen and oxygen atoms in total. The average molecular weight is 194 g/mol. The Hall–Kier alpha value is -1.32. The van der Waals surface area contributed by atoms with E-state index in [4.69, 9.17) is 5.73 Å².